The van der Waals surface area contributed by atoms with E-state index in [0.29, 0.717) is 0 Å². The van der Waals surface area contributed by atoms with Gasteiger partial charge in [0.25, 0.3) is 5.27 Å². The molecule has 0 aromatic carbocycles. The lowest BCUT2D eigenvalue weighted by Crippen LogP contribution is -2.03. The maximum Gasteiger partial charge on any atom is 0.273 e. The van der Waals surface area contributed by atoms with Crippen molar-refractivity contribution in [1.82, 2.24) is 0 Å². The van der Waals surface area contributed by atoms with E-state index >= 15 is 0 Å². The summed E-state index contributed by atoms with van der Waals surface area (Å²) in [5.74, 6) is 2.53. The first-order chi connectivity index (χ1) is 5.35. The molecular weight excluding hydrogens is 171 g/mol. The van der Waals surface area contributed by atoms with Gasteiger partial charge in [0.05, 0.1) is 0 Å². The third-order valence-corrected chi connectivity index (χ3v) is 4.20. The highest BCUT2D eigenvalue weighted by atomic mass is 32.2. The van der Waals surface area contributed by atoms with Gasteiger partial charge in [0.15, 0.2) is 0 Å². The van der Waals surface area contributed by atoms with E-state index in [2.05, 4.69) is 44.0 Å². The molecule has 0 aliphatic rings. The summed E-state index contributed by atoms with van der Waals surface area (Å²) < 4.78 is 0. The van der Waals surface area contributed by atoms with Crippen molar-refractivity contribution in [2.45, 2.75) is 39.9 Å². The molecule has 0 unspecified atom stereocenters. The van der Waals surface area contributed by atoms with Crippen LogP contribution in [0, 0.1) is 0 Å². The Morgan fingerprint density at radius 1 is 1.00 bits per heavy atom. The van der Waals surface area contributed by atoms with Gasteiger partial charge in [-0.25, -0.2) is 0 Å². The van der Waals surface area contributed by atoms with E-state index in [1.54, 1.807) is 0 Å². The molecule has 3 heteroatoms. The second-order valence-corrected chi connectivity index (χ2v) is 5.74. The van der Waals surface area contributed by atoms with Crippen LogP contribution >= 0.6 is 23.2 Å². The van der Waals surface area contributed by atoms with Crippen molar-refractivity contribution in [2.75, 3.05) is 11.5 Å². The second-order valence-electron chi connectivity index (χ2n) is 2.48. The maximum absolute atomic E-state index is 2.27. The van der Waals surface area contributed by atoms with Crippen LogP contribution in [-0.4, -0.2) is 16.8 Å². The first-order valence-corrected chi connectivity index (χ1v) is 6.68. The zero-order valence-corrected chi connectivity index (χ0v) is 9.56. The molecule has 0 spiro atoms. The van der Waals surface area contributed by atoms with Crippen LogP contribution in [0.4, 0.5) is 0 Å². The standard InChI is InChI=1S/C8H19BS2/c1-4-7-8-9(10-5-2)11-6-3/h4-8H2,1-3H3. The minimum absolute atomic E-state index is 0.866. The zero-order chi connectivity index (χ0) is 8.53. The Morgan fingerprint density at radius 3 is 1.91 bits per heavy atom. The molecule has 0 saturated heterocycles. The summed E-state index contributed by atoms with van der Waals surface area (Å²) in [4.78, 5) is 0. The molecule has 0 fully saturated rings. The molecule has 0 saturated carbocycles. The van der Waals surface area contributed by atoms with E-state index in [4.69, 9.17) is 0 Å². The van der Waals surface area contributed by atoms with E-state index in [-0.39, 0.29) is 0 Å². The van der Waals surface area contributed by atoms with Crippen LogP contribution in [0.15, 0.2) is 0 Å². The van der Waals surface area contributed by atoms with Crippen LogP contribution < -0.4 is 0 Å². The maximum atomic E-state index is 2.27. The molecule has 0 radical (unpaired) electrons. The minimum Gasteiger partial charge on any atom is -0.196 e. The van der Waals surface area contributed by atoms with Crippen molar-refractivity contribution in [3.8, 4) is 0 Å². The van der Waals surface area contributed by atoms with Gasteiger partial charge in [0.1, 0.15) is 0 Å². The fraction of sp³-hybridized carbons (Fsp3) is 1.00. The molecule has 0 heterocycles. The number of hydrogen-bond acceptors (Lipinski definition) is 2. The van der Waals surface area contributed by atoms with E-state index in [1.807, 2.05) is 0 Å². The third kappa shape index (κ3) is 7.14. The molecule has 11 heavy (non-hydrogen) atoms. The Balaban J connectivity index is 3.34. The first kappa shape index (κ1) is 11.8. The first-order valence-electron chi connectivity index (χ1n) is 4.58. The topological polar surface area (TPSA) is 0 Å². The summed E-state index contributed by atoms with van der Waals surface area (Å²) in [5, 5.41) is 0.866. The van der Waals surface area contributed by atoms with Crippen LogP contribution in [-0.2, 0) is 0 Å². The van der Waals surface area contributed by atoms with Gasteiger partial charge >= 0.3 is 0 Å². The summed E-state index contributed by atoms with van der Waals surface area (Å²) in [5.41, 5.74) is 0. The SMILES string of the molecule is CCCCB(SCC)SCC. The summed E-state index contributed by atoms with van der Waals surface area (Å²) in [6.07, 6.45) is 4.13. The molecule has 0 aliphatic carbocycles. The van der Waals surface area contributed by atoms with Crippen molar-refractivity contribution in [3.63, 3.8) is 0 Å². The summed E-state index contributed by atoms with van der Waals surface area (Å²) in [6, 6.07) is 0. The smallest absolute Gasteiger partial charge is 0.196 e. The van der Waals surface area contributed by atoms with Crippen molar-refractivity contribution in [1.29, 1.82) is 0 Å². The molecular formula is C8H19BS2. The minimum atomic E-state index is 0.866. The van der Waals surface area contributed by atoms with Crippen molar-refractivity contribution in [3.05, 3.63) is 0 Å². The lowest BCUT2D eigenvalue weighted by Gasteiger charge is -2.08. The average molecular weight is 190 g/mol. The van der Waals surface area contributed by atoms with Gasteiger partial charge in [-0.15, -0.1) is 0 Å². The second kappa shape index (κ2) is 8.86. The monoisotopic (exact) mass is 190 g/mol. The molecule has 0 aromatic rings. The quantitative estimate of drug-likeness (QED) is 0.560. The van der Waals surface area contributed by atoms with Crippen LogP contribution in [0.25, 0.3) is 0 Å². The molecule has 0 rings (SSSR count). The summed E-state index contributed by atoms with van der Waals surface area (Å²) in [7, 11) is 0. The number of rotatable bonds is 7. The summed E-state index contributed by atoms with van der Waals surface area (Å²) in [6.45, 7) is 6.77. The van der Waals surface area contributed by atoms with Gasteiger partial charge in [-0.2, -0.15) is 23.2 Å². The summed E-state index contributed by atoms with van der Waals surface area (Å²) >= 11 is 4.21. The molecule has 0 aromatic heterocycles. The van der Waals surface area contributed by atoms with Crippen LogP contribution in [0.1, 0.15) is 33.6 Å². The van der Waals surface area contributed by atoms with Gasteiger partial charge in [0.2, 0.25) is 0 Å². The lowest BCUT2D eigenvalue weighted by atomic mass is 9.97. The normalized spacial score (nSPS) is 10.1. The van der Waals surface area contributed by atoms with Gasteiger partial charge in [-0.1, -0.05) is 39.9 Å². The third-order valence-electron chi connectivity index (χ3n) is 1.50. The van der Waals surface area contributed by atoms with E-state index in [1.165, 1.54) is 30.7 Å². The van der Waals surface area contributed by atoms with E-state index in [9.17, 15) is 0 Å². The molecule has 0 aliphatic heterocycles. The highest BCUT2D eigenvalue weighted by molar-refractivity contribution is 8.54. The van der Waals surface area contributed by atoms with Gasteiger partial charge < -0.3 is 0 Å². The van der Waals surface area contributed by atoms with Crippen LogP contribution in [0.5, 0.6) is 0 Å². The molecule has 0 N–H and O–H groups in total. The average Bonchev–Trinajstić information content (AvgIpc) is 2.01. The molecule has 66 valence electrons. The molecule has 0 nitrogen and oxygen atoms in total. The Hall–Kier alpha value is 0.765. The highest BCUT2D eigenvalue weighted by Crippen LogP contribution is 2.24. The predicted octanol–water partition coefficient (Wildman–Crippen LogP) is 3.78. The van der Waals surface area contributed by atoms with Gasteiger partial charge in [-0.05, 0) is 11.5 Å². The van der Waals surface area contributed by atoms with Crippen molar-refractivity contribution >= 4 is 28.5 Å². The largest absolute Gasteiger partial charge is 0.273 e. The number of hydrogen-bond donors (Lipinski definition) is 0. The van der Waals surface area contributed by atoms with Gasteiger partial charge in [-0.3, -0.25) is 0 Å². The predicted molar refractivity (Wildman–Crippen MR) is 61.7 cm³/mol. The van der Waals surface area contributed by atoms with Crippen molar-refractivity contribution in [2.24, 2.45) is 0 Å². The fourth-order valence-electron chi connectivity index (χ4n) is 0.957. The molecule has 0 bridgehead atoms. The van der Waals surface area contributed by atoms with Crippen LogP contribution in [0.3, 0.4) is 0 Å². The zero-order valence-electron chi connectivity index (χ0n) is 7.93. The lowest BCUT2D eigenvalue weighted by molar-refractivity contribution is 0.881. The van der Waals surface area contributed by atoms with E-state index in [0.717, 1.165) is 5.27 Å². The fourth-order valence-corrected chi connectivity index (χ4v) is 3.57. The Labute approximate surface area is 80.2 Å². The molecule has 0 amide bonds. The van der Waals surface area contributed by atoms with Crippen LogP contribution in [0.2, 0.25) is 6.32 Å². The van der Waals surface area contributed by atoms with Gasteiger partial charge in [0, 0.05) is 0 Å². The van der Waals surface area contributed by atoms with E-state index < -0.39 is 0 Å². The Kier molecular flexibility index (Phi) is 9.47. The Morgan fingerprint density at radius 2 is 1.55 bits per heavy atom. The number of unbranched alkanes of at least 4 members (excludes halogenated alkanes) is 1. The Bertz CT molecular complexity index is 72.5. The molecule has 0 atom stereocenters. The highest BCUT2D eigenvalue weighted by Gasteiger charge is 2.11. The van der Waals surface area contributed by atoms with Crippen molar-refractivity contribution < 1.29 is 0 Å².